The van der Waals surface area contributed by atoms with Crippen molar-refractivity contribution in [2.75, 3.05) is 4.90 Å². The Hall–Kier alpha value is -6.84. The number of hydrogen-bond acceptors (Lipinski definition) is 3. The zero-order valence-electron chi connectivity index (χ0n) is 27.7. The van der Waals surface area contributed by atoms with Crippen LogP contribution >= 0.6 is 0 Å². The lowest BCUT2D eigenvalue weighted by molar-refractivity contribution is 0.103. The number of benzene rings is 9. The van der Waals surface area contributed by atoms with Gasteiger partial charge in [-0.1, -0.05) is 115 Å². The number of carbonyl (C=O) groups is 2. The van der Waals surface area contributed by atoms with Gasteiger partial charge in [-0.25, -0.2) is 0 Å². The number of fused-ring (bicyclic) bond motifs is 5. The van der Waals surface area contributed by atoms with Gasteiger partial charge in [0, 0.05) is 27.9 Å². The number of carbonyl (C=O) groups excluding carboxylic acids is 2. The van der Waals surface area contributed by atoms with Crippen molar-refractivity contribution in [2.24, 2.45) is 0 Å². The van der Waals surface area contributed by atoms with Gasteiger partial charge in [0.15, 0.2) is 12.1 Å². The van der Waals surface area contributed by atoms with Crippen molar-refractivity contribution in [1.82, 2.24) is 0 Å². The Morgan fingerprint density at radius 2 is 0.980 bits per heavy atom. The van der Waals surface area contributed by atoms with Crippen LogP contribution in [0, 0.1) is 0 Å². The highest BCUT2D eigenvalue weighted by Gasteiger charge is 2.17. The first-order chi connectivity index (χ1) is 25.1. The quantitative estimate of drug-likeness (QED) is 0.0743. The third kappa shape index (κ3) is 5.61. The molecule has 0 aliphatic rings. The molecule has 0 aliphatic carbocycles. The molecule has 3 nitrogen and oxygen atoms in total. The molecule has 0 bridgehead atoms. The minimum Gasteiger partial charge on any atom is -0.310 e. The van der Waals surface area contributed by atoms with E-state index >= 15 is 0 Å². The lowest BCUT2D eigenvalue weighted by atomic mass is 9.98. The predicted octanol–water partition coefficient (Wildman–Crippen LogP) is 12.6. The number of aldehydes is 1. The zero-order valence-corrected chi connectivity index (χ0v) is 27.7. The van der Waals surface area contributed by atoms with Crippen molar-refractivity contribution in [1.29, 1.82) is 0 Å². The van der Waals surface area contributed by atoms with Crippen molar-refractivity contribution in [3.63, 3.8) is 0 Å². The van der Waals surface area contributed by atoms with Crippen LogP contribution in [0.3, 0.4) is 0 Å². The molecule has 0 saturated heterocycles. The second kappa shape index (κ2) is 12.6. The Labute approximate surface area is 295 Å². The molecule has 0 saturated carbocycles. The molecule has 0 amide bonds. The third-order valence-electron chi connectivity index (χ3n) is 9.80. The Bertz CT molecular complexity index is 2860. The van der Waals surface area contributed by atoms with E-state index in [-0.39, 0.29) is 5.78 Å². The smallest absolute Gasteiger partial charge is 0.186 e. The summed E-state index contributed by atoms with van der Waals surface area (Å²) in [4.78, 5) is 27.5. The van der Waals surface area contributed by atoms with E-state index in [9.17, 15) is 9.59 Å². The zero-order chi connectivity index (χ0) is 34.3. The largest absolute Gasteiger partial charge is 0.310 e. The number of rotatable bonds is 7. The Morgan fingerprint density at radius 3 is 1.71 bits per heavy atom. The molecule has 0 radical (unpaired) electrons. The van der Waals surface area contributed by atoms with Crippen LogP contribution < -0.4 is 4.90 Å². The first-order valence-electron chi connectivity index (χ1n) is 17.1. The average molecular weight is 654 g/mol. The van der Waals surface area contributed by atoms with E-state index in [0.29, 0.717) is 11.1 Å². The van der Waals surface area contributed by atoms with Gasteiger partial charge in [0.2, 0.25) is 0 Å². The second-order valence-corrected chi connectivity index (χ2v) is 13.0. The molecule has 3 heteroatoms. The van der Waals surface area contributed by atoms with Gasteiger partial charge in [0.05, 0.1) is 5.69 Å². The monoisotopic (exact) mass is 653 g/mol. The molecule has 0 unspecified atom stereocenters. The summed E-state index contributed by atoms with van der Waals surface area (Å²) >= 11 is 0. The Balaban J connectivity index is 1.10. The van der Waals surface area contributed by atoms with E-state index in [4.69, 9.17) is 0 Å². The molecule has 0 heterocycles. The normalized spacial score (nSPS) is 11.6. The van der Waals surface area contributed by atoms with Gasteiger partial charge in [-0.15, -0.1) is 0 Å². The second-order valence-electron chi connectivity index (χ2n) is 13.0. The van der Waals surface area contributed by atoms with Crippen molar-refractivity contribution >= 4 is 89.1 Å². The van der Waals surface area contributed by atoms with Crippen LogP contribution in [-0.4, -0.2) is 12.1 Å². The highest BCUT2D eigenvalue weighted by Crippen LogP contribution is 2.41. The molecule has 240 valence electrons. The number of anilines is 3. The van der Waals surface area contributed by atoms with Gasteiger partial charge < -0.3 is 4.90 Å². The van der Waals surface area contributed by atoms with Crippen LogP contribution in [0.2, 0.25) is 0 Å². The molecule has 9 rings (SSSR count). The molecule has 9 aromatic carbocycles. The fourth-order valence-electron chi connectivity index (χ4n) is 7.22. The van der Waals surface area contributed by atoms with Gasteiger partial charge in [-0.3, -0.25) is 9.59 Å². The SMILES string of the molecule is O=Cc1cc2ccccc2cc1C(=O)C=Cc1ccc2cc(N(c3ccc4cc5ccccc5cc4c3)c3cccc4ccccc34)ccc2c1. The maximum atomic E-state index is 13.3. The molecule has 0 aliphatic heterocycles. The number of allylic oxidation sites excluding steroid dienone is 1. The van der Waals surface area contributed by atoms with Crippen LogP contribution in [0.5, 0.6) is 0 Å². The fourth-order valence-corrected chi connectivity index (χ4v) is 7.22. The summed E-state index contributed by atoms with van der Waals surface area (Å²) in [6.07, 6.45) is 4.13. The summed E-state index contributed by atoms with van der Waals surface area (Å²) in [6.45, 7) is 0. The van der Waals surface area contributed by atoms with E-state index in [2.05, 4.69) is 132 Å². The molecule has 0 spiro atoms. The maximum Gasteiger partial charge on any atom is 0.186 e. The van der Waals surface area contributed by atoms with E-state index in [0.717, 1.165) is 50.5 Å². The number of hydrogen-bond donors (Lipinski definition) is 0. The van der Waals surface area contributed by atoms with Gasteiger partial charge in [0.1, 0.15) is 0 Å². The maximum absolute atomic E-state index is 13.3. The van der Waals surface area contributed by atoms with Gasteiger partial charge in [-0.05, 0) is 121 Å². The Kier molecular flexibility index (Phi) is 7.44. The molecule has 0 fully saturated rings. The lowest BCUT2D eigenvalue weighted by Gasteiger charge is -2.27. The van der Waals surface area contributed by atoms with Crippen LogP contribution in [0.4, 0.5) is 17.1 Å². The first kappa shape index (κ1) is 30.2. The van der Waals surface area contributed by atoms with Crippen LogP contribution in [0.25, 0.3) is 59.9 Å². The minimum atomic E-state index is -0.201. The fraction of sp³-hybridized carbons (Fsp3) is 0. The van der Waals surface area contributed by atoms with Crippen LogP contribution in [-0.2, 0) is 0 Å². The van der Waals surface area contributed by atoms with E-state index in [1.165, 1.54) is 32.3 Å². The molecule has 0 atom stereocenters. The molecule has 9 aromatic rings. The van der Waals surface area contributed by atoms with Crippen molar-refractivity contribution in [3.05, 3.63) is 193 Å². The summed E-state index contributed by atoms with van der Waals surface area (Å²) < 4.78 is 0. The van der Waals surface area contributed by atoms with Crippen molar-refractivity contribution in [3.8, 4) is 0 Å². The Morgan fingerprint density at radius 1 is 0.451 bits per heavy atom. The van der Waals surface area contributed by atoms with Crippen LogP contribution in [0.1, 0.15) is 26.3 Å². The third-order valence-corrected chi connectivity index (χ3v) is 9.80. The minimum absolute atomic E-state index is 0.201. The van der Waals surface area contributed by atoms with E-state index in [1.807, 2.05) is 36.4 Å². The summed E-state index contributed by atoms with van der Waals surface area (Å²) in [5.74, 6) is -0.201. The number of nitrogens with zero attached hydrogens (tertiary/aromatic N) is 1. The average Bonchev–Trinajstić information content (AvgIpc) is 3.18. The summed E-state index contributed by atoms with van der Waals surface area (Å²) in [5.41, 5.74) is 4.94. The van der Waals surface area contributed by atoms with Crippen LogP contribution in [0.15, 0.2) is 176 Å². The highest BCUT2D eigenvalue weighted by atomic mass is 16.1. The number of ketones is 1. The van der Waals surface area contributed by atoms with Crippen molar-refractivity contribution in [2.45, 2.75) is 0 Å². The molecule has 0 aromatic heterocycles. The van der Waals surface area contributed by atoms with Crippen molar-refractivity contribution < 1.29 is 9.59 Å². The lowest BCUT2D eigenvalue weighted by Crippen LogP contribution is -2.10. The summed E-state index contributed by atoms with van der Waals surface area (Å²) in [5, 5.41) is 11.2. The molecule has 0 N–H and O–H groups in total. The first-order valence-corrected chi connectivity index (χ1v) is 17.1. The summed E-state index contributed by atoms with van der Waals surface area (Å²) in [6, 6.07) is 58.8. The molecule has 51 heavy (non-hydrogen) atoms. The van der Waals surface area contributed by atoms with E-state index in [1.54, 1.807) is 18.2 Å². The van der Waals surface area contributed by atoms with Gasteiger partial charge in [-0.2, -0.15) is 0 Å². The topological polar surface area (TPSA) is 37.4 Å². The predicted molar refractivity (Wildman–Crippen MR) is 214 cm³/mol. The molecular formula is C48H31NO2. The highest BCUT2D eigenvalue weighted by molar-refractivity contribution is 6.13. The van der Waals surface area contributed by atoms with Gasteiger partial charge in [0.25, 0.3) is 0 Å². The van der Waals surface area contributed by atoms with Gasteiger partial charge >= 0.3 is 0 Å². The summed E-state index contributed by atoms with van der Waals surface area (Å²) in [7, 11) is 0. The van der Waals surface area contributed by atoms with E-state index < -0.39 is 0 Å². The molecular weight excluding hydrogens is 623 g/mol. The standard InChI is InChI=1S/C48H31NO2/c50-31-42-27-36-11-3-4-12-37(36)30-46(42)48(51)23-17-32-16-18-40-28-43(21-19-38(40)24-32)49(47-15-7-13-33-8-5-6-14-45(33)47)44-22-20-39-25-34-9-1-2-10-35(34)26-41(39)29-44/h1-31H.